The lowest BCUT2D eigenvalue weighted by Crippen LogP contribution is -2.39. The Morgan fingerprint density at radius 3 is 2.47 bits per heavy atom. The Kier molecular flexibility index (Phi) is 3.66. The number of sulfonamides is 1. The maximum absolute atomic E-state index is 13.0. The van der Waals surface area contributed by atoms with Gasteiger partial charge in [-0.3, -0.25) is 9.47 Å². The standard InChI is InChI=1S/C12H11FN2O3S/c13-12-5-3-4-11(8-12)9-19(17,18)15(10-16)14-6-1-2-7-14/h1-8,10H,9H2. The molecule has 0 saturated carbocycles. The van der Waals surface area contributed by atoms with Crippen LogP contribution in [0.5, 0.6) is 0 Å². The number of hydrogen-bond donors (Lipinski definition) is 0. The Labute approximate surface area is 109 Å². The van der Waals surface area contributed by atoms with Crippen LogP contribution in [0.25, 0.3) is 0 Å². The maximum atomic E-state index is 13.0. The third-order valence-electron chi connectivity index (χ3n) is 2.43. The van der Waals surface area contributed by atoms with E-state index < -0.39 is 21.6 Å². The largest absolute Gasteiger partial charge is 0.276 e. The minimum atomic E-state index is -3.90. The third kappa shape index (κ3) is 3.00. The van der Waals surface area contributed by atoms with E-state index in [4.69, 9.17) is 0 Å². The second kappa shape index (κ2) is 5.23. The van der Waals surface area contributed by atoms with E-state index in [2.05, 4.69) is 0 Å². The molecular weight excluding hydrogens is 271 g/mol. The molecule has 0 saturated heterocycles. The first kappa shape index (κ1) is 13.3. The van der Waals surface area contributed by atoms with Crippen molar-refractivity contribution in [1.29, 1.82) is 0 Å². The number of amides is 1. The highest BCUT2D eigenvalue weighted by Gasteiger charge is 2.22. The average Bonchev–Trinajstić information content (AvgIpc) is 2.82. The summed E-state index contributed by atoms with van der Waals surface area (Å²) >= 11 is 0. The van der Waals surface area contributed by atoms with Gasteiger partial charge < -0.3 is 0 Å². The monoisotopic (exact) mass is 282 g/mol. The minimum absolute atomic E-state index is 0.203. The molecule has 0 radical (unpaired) electrons. The second-order valence-electron chi connectivity index (χ2n) is 3.83. The molecule has 0 atom stereocenters. The molecule has 1 heterocycles. The van der Waals surface area contributed by atoms with E-state index in [0.717, 1.165) is 10.7 Å². The van der Waals surface area contributed by atoms with E-state index in [9.17, 15) is 17.6 Å². The molecular formula is C12H11FN2O3S. The molecule has 1 aromatic heterocycles. The second-order valence-corrected chi connectivity index (χ2v) is 5.65. The number of rotatable bonds is 5. The first-order valence-electron chi connectivity index (χ1n) is 5.38. The van der Waals surface area contributed by atoms with Gasteiger partial charge in [-0.15, -0.1) is 4.41 Å². The summed E-state index contributed by atoms with van der Waals surface area (Å²) < 4.78 is 38.9. The van der Waals surface area contributed by atoms with Crippen LogP contribution in [-0.2, 0) is 20.6 Å². The highest BCUT2D eigenvalue weighted by molar-refractivity contribution is 7.92. The Hall–Kier alpha value is -2.15. The molecule has 0 bridgehead atoms. The van der Waals surface area contributed by atoms with Gasteiger partial charge in [0.25, 0.3) is 10.0 Å². The smallest absolute Gasteiger partial charge is 0.259 e. The number of benzene rings is 1. The van der Waals surface area contributed by atoms with Gasteiger partial charge in [-0.1, -0.05) is 12.1 Å². The van der Waals surface area contributed by atoms with Crippen LogP contribution in [0.15, 0.2) is 48.8 Å². The third-order valence-corrected chi connectivity index (χ3v) is 3.97. The molecule has 0 fully saturated rings. The average molecular weight is 282 g/mol. The van der Waals surface area contributed by atoms with Gasteiger partial charge in [0.2, 0.25) is 6.41 Å². The molecule has 0 aliphatic rings. The van der Waals surface area contributed by atoms with Crippen molar-refractivity contribution in [3.05, 3.63) is 60.2 Å². The predicted octanol–water partition coefficient (Wildman–Crippen LogP) is 1.25. The summed E-state index contributed by atoms with van der Waals surface area (Å²) in [5.74, 6) is -0.979. The van der Waals surface area contributed by atoms with Gasteiger partial charge in [0.1, 0.15) is 5.82 Å². The van der Waals surface area contributed by atoms with Gasteiger partial charge in [0, 0.05) is 12.4 Å². The molecule has 2 rings (SSSR count). The Balaban J connectivity index is 2.29. The number of nitrogens with zero attached hydrogens (tertiary/aromatic N) is 2. The fourth-order valence-electron chi connectivity index (χ4n) is 1.62. The Morgan fingerprint density at radius 1 is 1.21 bits per heavy atom. The van der Waals surface area contributed by atoms with Crippen molar-refractivity contribution in [2.24, 2.45) is 0 Å². The van der Waals surface area contributed by atoms with E-state index in [0.29, 0.717) is 4.41 Å². The van der Waals surface area contributed by atoms with Gasteiger partial charge in [0.15, 0.2) is 0 Å². The molecule has 100 valence electrons. The summed E-state index contributed by atoms with van der Waals surface area (Å²) in [4.78, 5) is 11.0. The first-order valence-corrected chi connectivity index (χ1v) is 6.99. The van der Waals surface area contributed by atoms with Gasteiger partial charge >= 0.3 is 0 Å². The highest BCUT2D eigenvalue weighted by Crippen LogP contribution is 2.11. The summed E-state index contributed by atoms with van der Waals surface area (Å²) in [5.41, 5.74) is 0.277. The quantitative estimate of drug-likeness (QED) is 0.775. The zero-order chi connectivity index (χ0) is 13.9. The maximum Gasteiger partial charge on any atom is 0.259 e. The van der Waals surface area contributed by atoms with E-state index in [1.165, 1.54) is 30.6 Å². The van der Waals surface area contributed by atoms with Crippen molar-refractivity contribution >= 4 is 16.4 Å². The molecule has 0 aliphatic heterocycles. The van der Waals surface area contributed by atoms with E-state index >= 15 is 0 Å². The molecule has 7 heteroatoms. The fraction of sp³-hybridized carbons (Fsp3) is 0.0833. The summed E-state index contributed by atoms with van der Waals surface area (Å²) in [6.07, 6.45) is 3.06. The van der Waals surface area contributed by atoms with Crippen LogP contribution in [0, 0.1) is 5.82 Å². The van der Waals surface area contributed by atoms with Crippen molar-refractivity contribution in [1.82, 2.24) is 4.68 Å². The number of carbonyl (C=O) groups is 1. The van der Waals surface area contributed by atoms with Crippen molar-refractivity contribution in [2.75, 3.05) is 4.41 Å². The highest BCUT2D eigenvalue weighted by atomic mass is 32.2. The topological polar surface area (TPSA) is 59.4 Å². The molecule has 0 aliphatic carbocycles. The van der Waals surface area contributed by atoms with E-state index in [1.807, 2.05) is 0 Å². The van der Waals surface area contributed by atoms with Crippen LogP contribution >= 0.6 is 0 Å². The van der Waals surface area contributed by atoms with Gasteiger partial charge in [-0.05, 0) is 29.8 Å². The van der Waals surface area contributed by atoms with Crippen LogP contribution in [0.2, 0.25) is 0 Å². The predicted molar refractivity (Wildman–Crippen MR) is 67.7 cm³/mol. The summed E-state index contributed by atoms with van der Waals surface area (Å²) in [6.45, 7) is 0. The van der Waals surface area contributed by atoms with Crippen molar-refractivity contribution in [2.45, 2.75) is 5.75 Å². The SMILES string of the molecule is O=CN(n1cccc1)S(=O)(=O)Cc1cccc(F)c1. The van der Waals surface area contributed by atoms with Gasteiger partial charge in [0.05, 0.1) is 5.75 Å². The number of aromatic nitrogens is 1. The first-order chi connectivity index (χ1) is 9.03. The lowest BCUT2D eigenvalue weighted by molar-refractivity contribution is -0.107. The molecule has 0 N–H and O–H groups in total. The molecule has 1 amide bonds. The molecule has 5 nitrogen and oxygen atoms in total. The van der Waals surface area contributed by atoms with Crippen LogP contribution in [0.4, 0.5) is 4.39 Å². The van der Waals surface area contributed by atoms with Crippen LogP contribution < -0.4 is 4.41 Å². The summed E-state index contributed by atoms with van der Waals surface area (Å²) in [5, 5.41) is 0. The van der Waals surface area contributed by atoms with E-state index in [-0.39, 0.29) is 12.0 Å². The zero-order valence-corrected chi connectivity index (χ0v) is 10.6. The Morgan fingerprint density at radius 2 is 1.89 bits per heavy atom. The van der Waals surface area contributed by atoms with Gasteiger partial charge in [-0.2, -0.15) is 0 Å². The molecule has 0 spiro atoms. The molecule has 1 aromatic carbocycles. The van der Waals surface area contributed by atoms with E-state index in [1.54, 1.807) is 12.1 Å². The van der Waals surface area contributed by atoms with Crippen LogP contribution in [-0.4, -0.2) is 19.5 Å². The van der Waals surface area contributed by atoms with Crippen molar-refractivity contribution in [3.8, 4) is 0 Å². The zero-order valence-electron chi connectivity index (χ0n) is 9.81. The normalized spacial score (nSPS) is 11.2. The molecule has 2 aromatic rings. The summed E-state index contributed by atoms with van der Waals surface area (Å²) in [6, 6.07) is 8.43. The Bertz CT molecular complexity index is 668. The fourth-order valence-corrected chi connectivity index (χ4v) is 2.88. The number of halogens is 1. The lowest BCUT2D eigenvalue weighted by Gasteiger charge is -2.18. The van der Waals surface area contributed by atoms with Crippen LogP contribution in [0.3, 0.4) is 0 Å². The lowest BCUT2D eigenvalue weighted by atomic mass is 10.2. The van der Waals surface area contributed by atoms with Crippen molar-refractivity contribution in [3.63, 3.8) is 0 Å². The summed E-state index contributed by atoms with van der Waals surface area (Å²) in [7, 11) is -3.90. The minimum Gasteiger partial charge on any atom is -0.276 e. The van der Waals surface area contributed by atoms with Crippen molar-refractivity contribution < 1.29 is 17.6 Å². The molecule has 0 unspecified atom stereocenters. The van der Waals surface area contributed by atoms with Crippen LogP contribution in [0.1, 0.15) is 5.56 Å². The number of carbonyl (C=O) groups excluding carboxylic acids is 1. The molecule has 19 heavy (non-hydrogen) atoms. The number of hydrogen-bond acceptors (Lipinski definition) is 3. The van der Waals surface area contributed by atoms with Gasteiger partial charge in [-0.25, -0.2) is 12.8 Å².